The summed E-state index contributed by atoms with van der Waals surface area (Å²) in [4.78, 5) is 28.1. The maximum atomic E-state index is 14.7. The summed E-state index contributed by atoms with van der Waals surface area (Å²) in [6, 6.07) is -0.522. The Balaban J connectivity index is 1.34. The summed E-state index contributed by atoms with van der Waals surface area (Å²) < 4.78 is 40.5. The van der Waals surface area contributed by atoms with Gasteiger partial charge in [-0.15, -0.1) is 22.7 Å². The second kappa shape index (κ2) is 10.7. The number of rotatable bonds is 7. The normalized spacial score (nSPS) is 19.5. The van der Waals surface area contributed by atoms with E-state index in [1.807, 2.05) is 0 Å². The molecule has 1 aliphatic carbocycles. The Labute approximate surface area is 216 Å². The number of urea groups is 1. The van der Waals surface area contributed by atoms with Crippen LogP contribution in [0.2, 0.25) is 0 Å². The molecule has 2 aromatic heterocycles. The zero-order valence-electron chi connectivity index (χ0n) is 20.3. The Hall–Kier alpha value is -2.08. The highest BCUT2D eigenvalue weighted by Gasteiger charge is 2.37. The van der Waals surface area contributed by atoms with E-state index in [9.17, 15) is 18.4 Å². The van der Waals surface area contributed by atoms with Crippen LogP contribution in [0, 0.1) is 0 Å². The zero-order valence-corrected chi connectivity index (χ0v) is 21.9. The predicted octanol–water partition coefficient (Wildman–Crippen LogP) is 5.10. The van der Waals surface area contributed by atoms with Crippen molar-refractivity contribution in [2.45, 2.75) is 77.0 Å². The highest BCUT2D eigenvalue weighted by molar-refractivity contribution is 7.17. The van der Waals surface area contributed by atoms with Gasteiger partial charge in [0.2, 0.25) is 0 Å². The van der Waals surface area contributed by atoms with Crippen LogP contribution in [0.4, 0.5) is 18.6 Å². The SMILES string of the molecule is CCC(F)(F)c1sc2c(c1CNC(=O)Nc1sc3c(c1C(=O)OC1CCOC1)CCCC3)CCNC2. The van der Waals surface area contributed by atoms with Gasteiger partial charge in [-0.25, -0.2) is 18.4 Å². The topological polar surface area (TPSA) is 88.7 Å². The number of ether oxygens (including phenoxy) is 2. The third kappa shape index (κ3) is 5.16. The number of anilines is 1. The van der Waals surface area contributed by atoms with Gasteiger partial charge in [0.15, 0.2) is 0 Å². The molecular weight excluding hydrogens is 508 g/mol. The highest BCUT2D eigenvalue weighted by Crippen LogP contribution is 2.43. The summed E-state index contributed by atoms with van der Waals surface area (Å²) in [6.45, 7) is 3.71. The number of amides is 2. The van der Waals surface area contributed by atoms with Gasteiger partial charge >= 0.3 is 12.0 Å². The molecule has 4 heterocycles. The number of alkyl halides is 2. The van der Waals surface area contributed by atoms with Gasteiger partial charge in [-0.3, -0.25) is 5.32 Å². The number of halogens is 2. The van der Waals surface area contributed by atoms with Crippen molar-refractivity contribution >= 4 is 39.7 Å². The first-order valence-electron chi connectivity index (χ1n) is 12.6. The Kier molecular flexibility index (Phi) is 7.62. The van der Waals surface area contributed by atoms with E-state index < -0.39 is 17.9 Å². The van der Waals surface area contributed by atoms with Gasteiger partial charge < -0.3 is 20.1 Å². The summed E-state index contributed by atoms with van der Waals surface area (Å²) in [5, 5.41) is 9.29. The Morgan fingerprint density at radius 1 is 1.17 bits per heavy atom. The number of carbonyl (C=O) groups excluding carboxylic acids is 2. The molecule has 0 aromatic carbocycles. The van der Waals surface area contributed by atoms with Crippen molar-refractivity contribution in [1.82, 2.24) is 10.6 Å². The van der Waals surface area contributed by atoms with E-state index in [0.717, 1.165) is 64.4 Å². The average molecular weight is 540 g/mol. The number of thiophene rings is 2. The second-order valence-corrected chi connectivity index (χ2v) is 11.6. The summed E-state index contributed by atoms with van der Waals surface area (Å²) in [7, 11) is 0. The number of aryl methyl sites for hydroxylation is 1. The van der Waals surface area contributed by atoms with Crippen molar-refractivity contribution in [3.05, 3.63) is 36.9 Å². The molecule has 7 nitrogen and oxygen atoms in total. The maximum absolute atomic E-state index is 14.7. The summed E-state index contributed by atoms with van der Waals surface area (Å²) in [5.41, 5.74) is 2.81. The first-order chi connectivity index (χ1) is 17.4. The molecule has 5 rings (SSSR count). The second-order valence-electron chi connectivity index (χ2n) is 9.41. The standard InChI is InChI=1S/C25H31F2N3O4S2/c1-2-25(26,27)21-17(15-7-9-28-12-19(15)35-21)11-29-24(32)30-22-20(16-5-3-4-6-18(16)36-22)23(31)34-14-8-10-33-13-14/h14,28H,2-13H2,1H3,(H2,29,30,32). The molecule has 2 amide bonds. The molecule has 1 unspecified atom stereocenters. The van der Waals surface area contributed by atoms with Gasteiger partial charge in [0.05, 0.1) is 23.7 Å². The lowest BCUT2D eigenvalue weighted by molar-refractivity contribution is -0.00532. The van der Waals surface area contributed by atoms with Crippen molar-refractivity contribution in [2.24, 2.45) is 0 Å². The van der Waals surface area contributed by atoms with Gasteiger partial charge in [-0.1, -0.05) is 6.92 Å². The molecule has 2 aromatic rings. The third-order valence-electron chi connectivity index (χ3n) is 7.00. The molecule has 3 N–H and O–H groups in total. The van der Waals surface area contributed by atoms with Gasteiger partial charge in [-0.2, -0.15) is 0 Å². The van der Waals surface area contributed by atoms with Crippen LogP contribution in [0.3, 0.4) is 0 Å². The minimum Gasteiger partial charge on any atom is -0.456 e. The van der Waals surface area contributed by atoms with E-state index in [0.29, 0.717) is 48.7 Å². The van der Waals surface area contributed by atoms with Crippen LogP contribution in [0.1, 0.15) is 74.3 Å². The molecule has 36 heavy (non-hydrogen) atoms. The lowest BCUT2D eigenvalue weighted by Crippen LogP contribution is -2.30. The number of carbonyl (C=O) groups is 2. The minimum absolute atomic E-state index is 0.00682. The summed E-state index contributed by atoms with van der Waals surface area (Å²) in [5.74, 6) is -3.38. The average Bonchev–Trinajstić information content (AvgIpc) is 3.60. The van der Waals surface area contributed by atoms with Crippen LogP contribution in [-0.4, -0.2) is 37.9 Å². The fourth-order valence-electron chi connectivity index (χ4n) is 5.05. The van der Waals surface area contributed by atoms with E-state index in [-0.39, 0.29) is 23.9 Å². The van der Waals surface area contributed by atoms with Gasteiger partial charge in [0.1, 0.15) is 11.1 Å². The van der Waals surface area contributed by atoms with Gasteiger partial charge in [0.25, 0.3) is 5.92 Å². The molecule has 1 atom stereocenters. The smallest absolute Gasteiger partial charge is 0.341 e. The molecule has 2 aliphatic heterocycles. The quantitative estimate of drug-likeness (QED) is 0.426. The predicted molar refractivity (Wildman–Crippen MR) is 135 cm³/mol. The van der Waals surface area contributed by atoms with E-state index >= 15 is 0 Å². The van der Waals surface area contributed by atoms with Crippen LogP contribution in [-0.2, 0) is 47.7 Å². The first-order valence-corrected chi connectivity index (χ1v) is 14.2. The summed E-state index contributed by atoms with van der Waals surface area (Å²) >= 11 is 2.54. The lowest BCUT2D eigenvalue weighted by Gasteiger charge is -2.18. The largest absolute Gasteiger partial charge is 0.456 e. The van der Waals surface area contributed by atoms with Crippen LogP contribution in [0.5, 0.6) is 0 Å². The Morgan fingerprint density at radius 2 is 2.00 bits per heavy atom. The molecule has 1 fully saturated rings. The number of esters is 1. The van der Waals surface area contributed by atoms with E-state index in [4.69, 9.17) is 9.47 Å². The molecule has 196 valence electrons. The first kappa shape index (κ1) is 25.6. The van der Waals surface area contributed by atoms with Crippen LogP contribution < -0.4 is 16.0 Å². The number of hydrogen-bond donors (Lipinski definition) is 3. The molecule has 0 bridgehead atoms. The molecular formula is C25H31F2N3O4S2. The lowest BCUT2D eigenvalue weighted by atomic mass is 9.95. The van der Waals surface area contributed by atoms with E-state index in [1.165, 1.54) is 18.3 Å². The molecule has 11 heteroatoms. The van der Waals surface area contributed by atoms with Crippen molar-refractivity contribution < 1.29 is 27.8 Å². The van der Waals surface area contributed by atoms with Crippen molar-refractivity contribution in [3.8, 4) is 0 Å². The van der Waals surface area contributed by atoms with Crippen molar-refractivity contribution in [2.75, 3.05) is 25.1 Å². The van der Waals surface area contributed by atoms with Crippen LogP contribution in [0.15, 0.2) is 0 Å². The highest BCUT2D eigenvalue weighted by atomic mass is 32.1. The minimum atomic E-state index is -2.94. The number of hydrogen-bond acceptors (Lipinski definition) is 7. The third-order valence-corrected chi connectivity index (χ3v) is 9.60. The number of fused-ring (bicyclic) bond motifs is 2. The van der Waals surface area contributed by atoms with Gasteiger partial charge in [0, 0.05) is 35.7 Å². The van der Waals surface area contributed by atoms with E-state index in [1.54, 1.807) is 0 Å². The van der Waals surface area contributed by atoms with Crippen molar-refractivity contribution in [1.29, 1.82) is 0 Å². The van der Waals surface area contributed by atoms with Gasteiger partial charge in [-0.05, 0) is 55.3 Å². The molecule has 3 aliphatic rings. The number of nitrogens with one attached hydrogen (secondary N) is 3. The molecule has 0 radical (unpaired) electrons. The van der Waals surface area contributed by atoms with Crippen LogP contribution >= 0.6 is 22.7 Å². The molecule has 0 saturated carbocycles. The Bertz CT molecular complexity index is 1140. The molecule has 1 saturated heterocycles. The zero-order chi connectivity index (χ0) is 25.3. The fourth-order valence-corrected chi connectivity index (χ4v) is 7.70. The summed E-state index contributed by atoms with van der Waals surface area (Å²) in [6.07, 6.45) is 4.39. The van der Waals surface area contributed by atoms with Crippen LogP contribution in [0.25, 0.3) is 0 Å². The monoisotopic (exact) mass is 539 g/mol. The fraction of sp³-hybridized carbons (Fsp3) is 0.600. The van der Waals surface area contributed by atoms with Crippen molar-refractivity contribution in [3.63, 3.8) is 0 Å². The molecule has 0 spiro atoms. The van der Waals surface area contributed by atoms with E-state index in [2.05, 4.69) is 16.0 Å². The maximum Gasteiger partial charge on any atom is 0.341 e. The Morgan fingerprint density at radius 3 is 2.78 bits per heavy atom.